The van der Waals surface area contributed by atoms with E-state index in [0.29, 0.717) is 19.3 Å². The third-order valence-corrected chi connectivity index (χ3v) is 23.5. The molecule has 17 rings (SSSR count). The Hall–Kier alpha value is -11.6. The summed E-state index contributed by atoms with van der Waals surface area (Å²) in [6.45, 7) is 48.2. The van der Waals surface area contributed by atoms with Crippen LogP contribution in [0.25, 0.3) is 145 Å². The van der Waals surface area contributed by atoms with Gasteiger partial charge in [0.2, 0.25) is 0 Å². The number of aromatic nitrogens is 8. The van der Waals surface area contributed by atoms with Gasteiger partial charge in [0.05, 0.1) is 81.8 Å². The van der Waals surface area contributed by atoms with Crippen molar-refractivity contribution in [1.82, 2.24) is 39.9 Å². The smallest absolute Gasteiger partial charge is 0.0970 e. The van der Waals surface area contributed by atoms with Crippen LogP contribution in [0, 0.1) is 141 Å². The standard InChI is InChI=1S/2C28H27N2.C26H23N2.C24H16N2.C9H20O2.2C5H12O2.3Ir/c1-17-7-18(2)11-23(10-17)26-16-29-27(24-12-19(3)8-20(4)13-24)28(30-26)25-14-21(5)9-22(6)15-25;1-17-10-18(2)13-23(12-17)27-28(24-14-19(3)11-20(4)15-24)30-25(16-29-27)26-21(5)8-7-9-22(26)6;1-17-10-18(2)13-22(12-17)25-26(23-14-19(3)11-20(4)15-23)28-24(16-27-25)21-8-6-5-7-9-21;1-3-7-17(8-4-1)19-13-15-25-23-21(19)11-12-22-20(14-16-26-24(22)23)18-9-5-2-6-10-18;1-6(2)8(10)5-9(11)7(3)4;2*1-4(6)3-5(2)7;;;/h2*7-12,14-16H,1-6H3;5-12,14-16H,1-4H3;1-16H;6-11H,5H2,1-4H3;2*4-7H,3H2,1-2H3;;;/q3*-1;;;;;;;. The molecule has 743 valence electrons. The van der Waals surface area contributed by atoms with E-state index >= 15 is 0 Å². The molecule has 5 heterocycles. The van der Waals surface area contributed by atoms with Crippen molar-refractivity contribution in [1.29, 1.82) is 0 Å². The van der Waals surface area contributed by atoms with E-state index in [1.54, 1.807) is 27.7 Å². The topological polar surface area (TPSA) is 224 Å². The molecule has 12 aromatic carbocycles. The van der Waals surface area contributed by atoms with E-state index in [0.717, 1.165) is 140 Å². The predicted molar refractivity (Wildman–Crippen MR) is 577 cm³/mol. The number of fused-ring (bicyclic) bond motifs is 3. The van der Waals surface area contributed by atoms with Gasteiger partial charge in [-0.2, -0.15) is 0 Å². The quantitative estimate of drug-likeness (QED) is 0.0327. The molecule has 142 heavy (non-hydrogen) atoms. The number of hydrogen-bond acceptors (Lipinski definition) is 14. The maximum atomic E-state index is 9.39. The van der Waals surface area contributed by atoms with Crippen molar-refractivity contribution in [3.63, 3.8) is 0 Å². The van der Waals surface area contributed by atoms with Gasteiger partial charge in [0, 0.05) is 136 Å². The Morgan fingerprint density at radius 1 is 0.246 bits per heavy atom. The normalized spacial score (nSPS) is 12.0. The minimum Gasteiger partial charge on any atom is -0.393 e. The van der Waals surface area contributed by atoms with Crippen LogP contribution in [0.5, 0.6) is 0 Å². The van der Waals surface area contributed by atoms with Crippen LogP contribution < -0.4 is 0 Å². The number of aryl methyl sites for hydroxylation is 16. The summed E-state index contributed by atoms with van der Waals surface area (Å²) in [5.41, 5.74) is 43.3. The van der Waals surface area contributed by atoms with Crippen LogP contribution in [-0.2, 0) is 60.3 Å². The molecule has 0 saturated heterocycles. The molecule has 5 aromatic heterocycles. The van der Waals surface area contributed by atoms with Crippen LogP contribution >= 0.6 is 0 Å². The summed E-state index contributed by atoms with van der Waals surface area (Å²) in [5.74, 6) is 0.479. The first-order valence-electron chi connectivity index (χ1n) is 48.2. The van der Waals surface area contributed by atoms with Crippen molar-refractivity contribution < 1.29 is 91.0 Å². The first kappa shape index (κ1) is 116. The summed E-state index contributed by atoms with van der Waals surface area (Å²) in [6, 6.07) is 95.3. The fourth-order valence-corrected chi connectivity index (χ4v) is 17.5. The van der Waals surface area contributed by atoms with Gasteiger partial charge in [0.1, 0.15) is 0 Å². The largest absolute Gasteiger partial charge is 0.393 e. The van der Waals surface area contributed by atoms with Crippen LogP contribution in [0.1, 0.15) is 164 Å². The van der Waals surface area contributed by atoms with Crippen LogP contribution in [0.4, 0.5) is 0 Å². The number of aliphatic hydroxyl groups excluding tert-OH is 6. The summed E-state index contributed by atoms with van der Waals surface area (Å²) in [4.78, 5) is 39.4. The molecule has 6 N–H and O–H groups in total. The van der Waals surface area contributed by atoms with Crippen LogP contribution in [0.2, 0.25) is 0 Å². The third kappa shape index (κ3) is 33.2. The fourth-order valence-electron chi connectivity index (χ4n) is 17.5. The average molecular weight is 2420 g/mol. The molecule has 0 aliphatic heterocycles. The van der Waals surface area contributed by atoms with E-state index in [2.05, 4.69) is 351 Å². The Labute approximate surface area is 883 Å². The Morgan fingerprint density at radius 2 is 0.514 bits per heavy atom. The van der Waals surface area contributed by atoms with E-state index in [4.69, 9.17) is 50.3 Å². The SMILES string of the molecule is CC(C)C(O)CC(O)C(C)C.CC(O)CC(C)O.CC(O)CC(C)O.Cc1[c-]c(-c2ncc(-c3c(C)cccc3C)nc2-c2cc(C)cc(C)c2)cc(C)c1.Cc1[c-]c(-c2ncc(-c3cc(C)cc(C)c3)nc2-c2cc(C)cc(C)c2)cc(C)c1.Cc1[c-]c(-c2ncc(-c3ccccc3)nc2-c2cc(C)cc(C)c2)cc(C)c1.[Ir].[Ir].[Ir].c1ccc(-c2ccnc3c2ccc2c(-c4ccccc4)ccnc23)cc1. The van der Waals surface area contributed by atoms with Gasteiger partial charge in [-0.05, 0) is 202 Å². The number of nitrogens with zero attached hydrogens (tertiary/aromatic N) is 8. The zero-order valence-corrected chi connectivity index (χ0v) is 93.7. The Morgan fingerprint density at radius 3 is 0.796 bits per heavy atom. The maximum Gasteiger partial charge on any atom is 0.0970 e. The van der Waals surface area contributed by atoms with E-state index < -0.39 is 0 Å². The summed E-state index contributed by atoms with van der Waals surface area (Å²) < 4.78 is 0. The molecule has 0 spiro atoms. The maximum absolute atomic E-state index is 9.39. The van der Waals surface area contributed by atoms with Gasteiger partial charge < -0.3 is 45.6 Å². The van der Waals surface area contributed by atoms with Crippen LogP contribution in [0.3, 0.4) is 0 Å². The molecular formula is C125H137Ir3N8O6-3. The first-order chi connectivity index (χ1) is 66.2. The fraction of sp³-hybridized carbons (Fsp3) is 0.280. The van der Waals surface area contributed by atoms with Gasteiger partial charge in [-0.15, -0.1) is 105 Å². The molecule has 3 radical (unpaired) electrons. The summed E-state index contributed by atoms with van der Waals surface area (Å²) in [7, 11) is 0. The second-order valence-electron chi connectivity index (χ2n) is 38.3. The second kappa shape index (κ2) is 54.8. The molecule has 0 saturated carbocycles. The summed E-state index contributed by atoms with van der Waals surface area (Å²) in [6.07, 6.45) is 8.61. The molecule has 0 amide bonds. The average Bonchev–Trinajstić information content (AvgIpc) is 0.773. The van der Waals surface area contributed by atoms with Crippen molar-refractivity contribution in [2.45, 2.75) is 222 Å². The zero-order valence-electron chi connectivity index (χ0n) is 86.5. The van der Waals surface area contributed by atoms with E-state index in [9.17, 15) is 10.2 Å². The van der Waals surface area contributed by atoms with Gasteiger partial charge >= 0.3 is 0 Å². The molecule has 6 unspecified atom stereocenters. The molecule has 17 aromatic rings. The molecule has 14 nitrogen and oxygen atoms in total. The number of aliphatic hydroxyl groups is 6. The third-order valence-electron chi connectivity index (χ3n) is 23.5. The van der Waals surface area contributed by atoms with Crippen molar-refractivity contribution in [3.05, 3.63) is 381 Å². The molecule has 0 bridgehead atoms. The number of hydrogen-bond donors (Lipinski definition) is 6. The molecular weight excluding hydrogens is 2290 g/mol. The number of benzene rings is 12. The van der Waals surface area contributed by atoms with Crippen molar-refractivity contribution >= 4 is 21.8 Å². The Bertz CT molecular complexity index is 6710. The monoisotopic (exact) mass is 2420 g/mol. The van der Waals surface area contributed by atoms with E-state index in [1.807, 2.05) is 89.0 Å². The number of rotatable bonds is 19. The predicted octanol–water partition coefficient (Wildman–Crippen LogP) is 28.6. The molecule has 6 atom stereocenters. The summed E-state index contributed by atoms with van der Waals surface area (Å²) in [5, 5.41) is 55.3. The van der Waals surface area contributed by atoms with Crippen LogP contribution in [0.15, 0.2) is 274 Å². The van der Waals surface area contributed by atoms with Crippen molar-refractivity contribution in [2.75, 3.05) is 0 Å². The van der Waals surface area contributed by atoms with E-state index in [1.165, 1.54) is 94.6 Å². The van der Waals surface area contributed by atoms with Gasteiger partial charge in [0.25, 0.3) is 0 Å². The van der Waals surface area contributed by atoms with E-state index in [-0.39, 0.29) is 109 Å². The minimum atomic E-state index is -0.375. The molecule has 17 heteroatoms. The number of pyridine rings is 2. The van der Waals surface area contributed by atoms with Gasteiger partial charge in [0.15, 0.2) is 0 Å². The Balaban J connectivity index is 0.000000213. The van der Waals surface area contributed by atoms with Crippen molar-refractivity contribution in [3.8, 4) is 124 Å². The Kier molecular flexibility index (Phi) is 44.6. The van der Waals surface area contributed by atoms with Gasteiger partial charge in [-0.1, -0.05) is 296 Å². The second-order valence-corrected chi connectivity index (χ2v) is 38.3. The van der Waals surface area contributed by atoms with Crippen molar-refractivity contribution in [2.24, 2.45) is 11.8 Å². The molecule has 0 aliphatic rings. The molecule has 0 fully saturated rings. The first-order valence-corrected chi connectivity index (χ1v) is 48.2. The van der Waals surface area contributed by atoms with Crippen LogP contribution in [-0.4, -0.2) is 107 Å². The zero-order chi connectivity index (χ0) is 101. The summed E-state index contributed by atoms with van der Waals surface area (Å²) >= 11 is 0. The minimum absolute atomic E-state index is 0. The van der Waals surface area contributed by atoms with Gasteiger partial charge in [-0.25, -0.2) is 0 Å². The van der Waals surface area contributed by atoms with Gasteiger partial charge in [-0.3, -0.25) is 24.9 Å². The molecule has 0 aliphatic carbocycles.